The van der Waals surface area contributed by atoms with E-state index in [-0.39, 0.29) is 29.6 Å². The van der Waals surface area contributed by atoms with Crippen molar-refractivity contribution in [1.82, 2.24) is 20.0 Å². The zero-order chi connectivity index (χ0) is 22.2. The smallest absolute Gasteiger partial charge is 0.258 e. The maximum atomic E-state index is 13.3. The summed E-state index contributed by atoms with van der Waals surface area (Å²) in [6.07, 6.45) is 2.08. The molecule has 1 saturated carbocycles. The molecule has 1 N–H and O–H groups in total. The summed E-state index contributed by atoms with van der Waals surface area (Å²) in [6, 6.07) is 12.9. The van der Waals surface area contributed by atoms with E-state index >= 15 is 0 Å². The van der Waals surface area contributed by atoms with Crippen LogP contribution in [0.2, 0.25) is 5.02 Å². The summed E-state index contributed by atoms with van der Waals surface area (Å²) in [6.45, 7) is -0.0127. The third-order valence-electron chi connectivity index (χ3n) is 5.41. The monoisotopic (exact) mass is 452 g/mol. The highest BCUT2D eigenvalue weighted by Gasteiger charge is 2.29. The number of nitrogens with zero attached hydrogens (tertiary/aromatic N) is 3. The summed E-state index contributed by atoms with van der Waals surface area (Å²) >= 11 is 5.78. The fourth-order valence-electron chi connectivity index (χ4n) is 3.58. The fourth-order valence-corrected chi connectivity index (χ4v) is 3.78. The number of carbonyl (C=O) groups is 1. The van der Waals surface area contributed by atoms with E-state index in [1.54, 1.807) is 12.1 Å². The Morgan fingerprint density at radius 2 is 2.03 bits per heavy atom. The van der Waals surface area contributed by atoms with Gasteiger partial charge in [0, 0.05) is 23.9 Å². The number of fused-ring (bicyclic) bond motifs is 1. The van der Waals surface area contributed by atoms with Crippen molar-refractivity contribution < 1.29 is 13.7 Å². The predicted octanol–water partition coefficient (Wildman–Crippen LogP) is 4.04. The lowest BCUT2D eigenvalue weighted by molar-refractivity contribution is -0.121. The Morgan fingerprint density at radius 3 is 2.81 bits per heavy atom. The van der Waals surface area contributed by atoms with Crippen LogP contribution in [-0.4, -0.2) is 20.6 Å². The Labute approximate surface area is 186 Å². The van der Waals surface area contributed by atoms with Crippen molar-refractivity contribution >= 4 is 28.4 Å². The molecule has 9 heteroatoms. The molecule has 0 bridgehead atoms. The molecule has 0 aliphatic heterocycles. The van der Waals surface area contributed by atoms with Crippen LogP contribution < -0.4 is 10.9 Å². The van der Waals surface area contributed by atoms with Crippen LogP contribution in [0, 0.1) is 5.82 Å². The molecule has 2 aromatic heterocycles. The van der Waals surface area contributed by atoms with Gasteiger partial charge in [-0.1, -0.05) is 41.0 Å². The molecule has 2 heterocycles. The van der Waals surface area contributed by atoms with Gasteiger partial charge in [-0.3, -0.25) is 14.2 Å². The summed E-state index contributed by atoms with van der Waals surface area (Å²) in [5.41, 5.74) is 1.42. The molecule has 5 rings (SSSR count). The first-order chi connectivity index (χ1) is 15.5. The van der Waals surface area contributed by atoms with Crippen LogP contribution in [0.4, 0.5) is 4.39 Å². The van der Waals surface area contributed by atoms with Gasteiger partial charge in [0.05, 0.1) is 16.1 Å². The molecule has 7 nitrogen and oxygen atoms in total. The quantitative estimate of drug-likeness (QED) is 0.477. The van der Waals surface area contributed by atoms with E-state index in [9.17, 15) is 14.0 Å². The largest absolute Gasteiger partial charge is 0.350 e. The summed E-state index contributed by atoms with van der Waals surface area (Å²) < 4.78 is 20.1. The van der Waals surface area contributed by atoms with Gasteiger partial charge < -0.3 is 9.84 Å². The number of carbonyl (C=O) groups excluding carboxylic acids is 1. The SMILES string of the molecule is O=C(Cn1c(=O)cc(-c2nc(C3CC3)no2)c2ccccc21)NCc1ccc(F)c(Cl)c1. The van der Waals surface area contributed by atoms with Gasteiger partial charge in [-0.2, -0.15) is 4.98 Å². The van der Waals surface area contributed by atoms with Gasteiger partial charge >= 0.3 is 0 Å². The van der Waals surface area contributed by atoms with Crippen LogP contribution in [0.1, 0.15) is 30.1 Å². The van der Waals surface area contributed by atoms with E-state index in [0.29, 0.717) is 34.3 Å². The number of benzene rings is 2. The average Bonchev–Trinajstić information content (AvgIpc) is 3.53. The molecule has 0 atom stereocenters. The minimum atomic E-state index is -0.523. The molecule has 1 fully saturated rings. The van der Waals surface area contributed by atoms with Gasteiger partial charge in [-0.05, 0) is 36.6 Å². The molecule has 0 radical (unpaired) electrons. The number of hydrogen-bond acceptors (Lipinski definition) is 5. The molecule has 0 spiro atoms. The highest BCUT2D eigenvalue weighted by molar-refractivity contribution is 6.30. The van der Waals surface area contributed by atoms with Crippen LogP contribution in [0.5, 0.6) is 0 Å². The topological polar surface area (TPSA) is 90.0 Å². The van der Waals surface area contributed by atoms with E-state index in [1.165, 1.54) is 28.8 Å². The molecule has 1 aliphatic rings. The number of nitrogens with one attached hydrogen (secondary N) is 1. The van der Waals surface area contributed by atoms with E-state index in [2.05, 4.69) is 15.5 Å². The van der Waals surface area contributed by atoms with Gasteiger partial charge in [0.2, 0.25) is 5.91 Å². The number of halogens is 2. The van der Waals surface area contributed by atoms with E-state index in [0.717, 1.165) is 18.2 Å². The van der Waals surface area contributed by atoms with Crippen molar-refractivity contribution in [2.24, 2.45) is 0 Å². The highest BCUT2D eigenvalue weighted by atomic mass is 35.5. The van der Waals surface area contributed by atoms with Gasteiger partial charge in [0.25, 0.3) is 11.4 Å². The first-order valence-electron chi connectivity index (χ1n) is 10.2. The van der Waals surface area contributed by atoms with Crippen LogP contribution >= 0.6 is 11.6 Å². The second-order valence-electron chi connectivity index (χ2n) is 7.76. The maximum Gasteiger partial charge on any atom is 0.258 e. The Morgan fingerprint density at radius 1 is 1.22 bits per heavy atom. The molecule has 2 aromatic carbocycles. The van der Waals surface area contributed by atoms with Gasteiger partial charge in [-0.25, -0.2) is 4.39 Å². The molecule has 0 saturated heterocycles. The minimum absolute atomic E-state index is 0.0135. The molecule has 162 valence electrons. The first kappa shape index (κ1) is 20.4. The van der Waals surface area contributed by atoms with Crippen LogP contribution in [-0.2, 0) is 17.9 Å². The minimum Gasteiger partial charge on any atom is -0.350 e. The lowest BCUT2D eigenvalue weighted by atomic mass is 10.1. The number of amides is 1. The third kappa shape index (κ3) is 4.01. The van der Waals surface area contributed by atoms with Gasteiger partial charge in [0.1, 0.15) is 12.4 Å². The normalized spacial score (nSPS) is 13.4. The molecule has 32 heavy (non-hydrogen) atoms. The third-order valence-corrected chi connectivity index (χ3v) is 5.70. The van der Waals surface area contributed by atoms with Crippen molar-refractivity contribution in [3.63, 3.8) is 0 Å². The Kier molecular flexibility index (Phi) is 5.22. The standard InChI is InChI=1S/C23H18ClFN4O3/c24-17-9-13(5-8-18(17)25)11-26-20(30)12-29-19-4-2-1-3-15(19)16(10-21(29)31)23-27-22(28-32-23)14-6-7-14/h1-5,8-10,14H,6-7,11-12H2,(H,26,30). The van der Waals surface area contributed by atoms with E-state index < -0.39 is 5.82 Å². The van der Waals surface area contributed by atoms with Crippen molar-refractivity contribution in [2.75, 3.05) is 0 Å². The van der Waals surface area contributed by atoms with Gasteiger partial charge in [-0.15, -0.1) is 0 Å². The number of rotatable bonds is 6. The van der Waals surface area contributed by atoms with E-state index in [1.807, 2.05) is 12.1 Å². The molecule has 1 aliphatic carbocycles. The van der Waals surface area contributed by atoms with Crippen molar-refractivity contribution in [2.45, 2.75) is 31.8 Å². The van der Waals surface area contributed by atoms with Crippen LogP contribution in [0.25, 0.3) is 22.4 Å². The van der Waals surface area contributed by atoms with Crippen molar-refractivity contribution in [3.8, 4) is 11.5 Å². The fraction of sp³-hybridized carbons (Fsp3) is 0.217. The molecular formula is C23H18ClFN4O3. The average molecular weight is 453 g/mol. The van der Waals surface area contributed by atoms with E-state index in [4.69, 9.17) is 16.1 Å². The summed E-state index contributed by atoms with van der Waals surface area (Å²) in [5.74, 6) is 0.405. The lowest BCUT2D eigenvalue weighted by Gasteiger charge is -2.12. The summed E-state index contributed by atoms with van der Waals surface area (Å²) in [4.78, 5) is 29.9. The number of aromatic nitrogens is 3. The van der Waals surface area contributed by atoms with Gasteiger partial charge in [0.15, 0.2) is 5.82 Å². The highest BCUT2D eigenvalue weighted by Crippen LogP contribution is 2.39. The van der Waals surface area contributed by atoms with Crippen molar-refractivity contribution in [3.05, 3.63) is 81.1 Å². The molecule has 0 unspecified atom stereocenters. The Bertz CT molecular complexity index is 1390. The molecular weight excluding hydrogens is 435 g/mol. The second kappa shape index (κ2) is 8.20. The summed E-state index contributed by atoms with van der Waals surface area (Å²) in [5, 5.41) is 7.49. The molecule has 4 aromatic rings. The maximum absolute atomic E-state index is 13.3. The summed E-state index contributed by atoms with van der Waals surface area (Å²) in [7, 11) is 0. The zero-order valence-electron chi connectivity index (χ0n) is 16.8. The first-order valence-corrected chi connectivity index (χ1v) is 10.5. The Hall–Kier alpha value is -3.52. The predicted molar refractivity (Wildman–Crippen MR) is 117 cm³/mol. The number of para-hydroxylation sites is 1. The lowest BCUT2D eigenvalue weighted by Crippen LogP contribution is -2.32. The second-order valence-corrected chi connectivity index (χ2v) is 8.16. The van der Waals surface area contributed by atoms with Crippen LogP contribution in [0.3, 0.4) is 0 Å². The Balaban J connectivity index is 1.41. The van der Waals surface area contributed by atoms with Crippen LogP contribution in [0.15, 0.2) is 57.8 Å². The van der Waals surface area contributed by atoms with Crippen molar-refractivity contribution in [1.29, 1.82) is 0 Å². The zero-order valence-corrected chi connectivity index (χ0v) is 17.6. The molecule has 1 amide bonds. The number of hydrogen-bond donors (Lipinski definition) is 1. The number of pyridine rings is 1.